The molecule has 16 heteroatoms. The van der Waals surface area contributed by atoms with E-state index in [2.05, 4.69) is 27.0 Å². The van der Waals surface area contributed by atoms with Crippen molar-refractivity contribution < 1.29 is 39.5 Å². The minimum absolute atomic E-state index is 0.0848. The summed E-state index contributed by atoms with van der Waals surface area (Å²) in [5.41, 5.74) is -4.78. The first-order valence-corrected chi connectivity index (χ1v) is 9.67. The van der Waals surface area contributed by atoms with Crippen LogP contribution in [0.5, 0.6) is 0 Å². The Bertz CT molecular complexity index is 1220. The van der Waals surface area contributed by atoms with E-state index in [0.29, 0.717) is 16.8 Å². The number of fused-ring (bicyclic) bond motifs is 1. The Labute approximate surface area is 194 Å². The molecular weight excluding hydrogens is 528 g/mol. The Balaban J connectivity index is 2.41. The Hall–Kier alpha value is -2.74. The first-order valence-electron chi connectivity index (χ1n) is 8.92. The highest BCUT2D eigenvalue weighted by atomic mass is 35.5. The summed E-state index contributed by atoms with van der Waals surface area (Å²) in [6, 6.07) is 0.889. The van der Waals surface area contributed by atoms with Crippen molar-refractivity contribution in [2.45, 2.75) is 24.9 Å². The molecule has 0 aliphatic heterocycles. The van der Waals surface area contributed by atoms with Crippen molar-refractivity contribution in [2.24, 2.45) is 0 Å². The van der Waals surface area contributed by atoms with Gasteiger partial charge in [0.15, 0.2) is 11.3 Å². The number of hydrogen-bond acceptors (Lipinski definition) is 4. The number of anilines is 1. The van der Waals surface area contributed by atoms with E-state index >= 15 is 0 Å². The van der Waals surface area contributed by atoms with Crippen molar-refractivity contribution >= 4 is 40.1 Å². The van der Waals surface area contributed by atoms with Crippen molar-refractivity contribution in [2.75, 3.05) is 11.9 Å². The van der Waals surface area contributed by atoms with Crippen LogP contribution in [0.25, 0.3) is 16.7 Å². The normalized spacial score (nSPS) is 12.9. The summed E-state index contributed by atoms with van der Waals surface area (Å²) in [5, 5.41) is 3.86. The van der Waals surface area contributed by atoms with Crippen LogP contribution in [0.2, 0.25) is 10.0 Å². The Kier molecular flexibility index (Phi) is 6.70. The molecule has 2 aromatic heterocycles. The zero-order valence-electron chi connectivity index (χ0n) is 16.3. The highest BCUT2D eigenvalue weighted by Crippen LogP contribution is 2.43. The SMILES string of the molecule is C=CCCNc1c2c(C(F)(F)F)nc(C(F)(F)F)nc2nn1-c1c(Cl)cc(C(F)(F)F)cc1Cl. The average molecular weight is 538 g/mol. The van der Waals surface area contributed by atoms with E-state index in [0.717, 1.165) is 0 Å². The van der Waals surface area contributed by atoms with Gasteiger partial charge in [-0.25, -0.2) is 14.6 Å². The van der Waals surface area contributed by atoms with Crippen LogP contribution in [0.15, 0.2) is 24.8 Å². The maximum absolute atomic E-state index is 13.7. The number of benzene rings is 1. The minimum atomic E-state index is -5.38. The number of rotatable bonds is 5. The fourth-order valence-electron chi connectivity index (χ4n) is 2.87. The highest BCUT2D eigenvalue weighted by Gasteiger charge is 2.43. The van der Waals surface area contributed by atoms with Crippen LogP contribution in [0.3, 0.4) is 0 Å². The third-order valence-electron chi connectivity index (χ3n) is 4.25. The van der Waals surface area contributed by atoms with Gasteiger partial charge in [0.2, 0.25) is 5.82 Å². The maximum Gasteiger partial charge on any atom is 0.451 e. The first kappa shape index (κ1) is 25.9. The summed E-state index contributed by atoms with van der Waals surface area (Å²) in [5.74, 6) is -2.69. The molecule has 3 rings (SSSR count). The summed E-state index contributed by atoms with van der Waals surface area (Å²) in [6.07, 6.45) is -14.0. The standard InChI is InChI=1S/C18H10Cl2F9N5/c1-2-3-4-30-14-10-12(17(24,25)26)31-15(18(27,28)29)32-13(10)33-34(14)11-8(19)5-7(6-9(11)20)16(21,22)23/h2,5-6,30H,1,3-4H2. The average Bonchev–Trinajstić information content (AvgIpc) is 3.03. The third-order valence-corrected chi connectivity index (χ3v) is 4.83. The number of hydrogen-bond donors (Lipinski definition) is 1. The maximum atomic E-state index is 13.7. The molecule has 0 saturated heterocycles. The Morgan fingerprint density at radius 1 is 0.912 bits per heavy atom. The monoisotopic (exact) mass is 537 g/mol. The molecule has 184 valence electrons. The van der Waals surface area contributed by atoms with Crippen LogP contribution < -0.4 is 5.32 Å². The fraction of sp³-hybridized carbons (Fsp3) is 0.278. The van der Waals surface area contributed by atoms with Crippen LogP contribution in [-0.4, -0.2) is 26.3 Å². The van der Waals surface area contributed by atoms with Gasteiger partial charge in [-0.2, -0.15) is 39.5 Å². The molecule has 0 spiro atoms. The van der Waals surface area contributed by atoms with Crippen molar-refractivity contribution in [1.82, 2.24) is 19.7 Å². The second-order valence-electron chi connectivity index (χ2n) is 6.64. The van der Waals surface area contributed by atoms with Crippen molar-refractivity contribution in [3.8, 4) is 5.69 Å². The minimum Gasteiger partial charge on any atom is -0.369 e. The van der Waals surface area contributed by atoms with Gasteiger partial charge in [-0.3, -0.25) is 0 Å². The quantitative estimate of drug-likeness (QED) is 0.213. The van der Waals surface area contributed by atoms with Crippen LogP contribution in [0.4, 0.5) is 45.3 Å². The van der Waals surface area contributed by atoms with E-state index in [1.807, 2.05) is 0 Å². The number of nitrogens with zero attached hydrogens (tertiary/aromatic N) is 4. The van der Waals surface area contributed by atoms with E-state index in [9.17, 15) is 39.5 Å². The lowest BCUT2D eigenvalue weighted by atomic mass is 10.2. The second-order valence-corrected chi connectivity index (χ2v) is 7.46. The summed E-state index contributed by atoms with van der Waals surface area (Å²) in [7, 11) is 0. The van der Waals surface area contributed by atoms with Gasteiger partial charge in [0.1, 0.15) is 11.5 Å². The van der Waals surface area contributed by atoms with Crippen molar-refractivity contribution in [3.63, 3.8) is 0 Å². The molecule has 1 aromatic carbocycles. The van der Waals surface area contributed by atoms with Gasteiger partial charge in [0, 0.05) is 6.54 Å². The Morgan fingerprint density at radius 3 is 1.97 bits per heavy atom. The topological polar surface area (TPSA) is 55.6 Å². The fourth-order valence-corrected chi connectivity index (χ4v) is 3.52. The lowest BCUT2D eigenvalue weighted by molar-refractivity contribution is -0.151. The van der Waals surface area contributed by atoms with Gasteiger partial charge in [0.25, 0.3) is 0 Å². The van der Waals surface area contributed by atoms with Crippen LogP contribution in [-0.2, 0) is 18.5 Å². The number of nitrogens with one attached hydrogen (secondary N) is 1. The molecule has 0 aliphatic carbocycles. The van der Waals surface area contributed by atoms with Gasteiger partial charge in [-0.15, -0.1) is 11.7 Å². The smallest absolute Gasteiger partial charge is 0.369 e. The van der Waals surface area contributed by atoms with Gasteiger partial charge < -0.3 is 5.32 Å². The van der Waals surface area contributed by atoms with Crippen molar-refractivity contribution in [1.29, 1.82) is 0 Å². The molecule has 0 unspecified atom stereocenters. The number of halogens is 11. The third kappa shape index (κ3) is 5.02. The van der Waals surface area contributed by atoms with Crippen LogP contribution in [0, 0.1) is 0 Å². The molecule has 0 radical (unpaired) electrons. The second kappa shape index (κ2) is 8.80. The van der Waals surface area contributed by atoms with Gasteiger partial charge in [-0.05, 0) is 18.6 Å². The lowest BCUT2D eigenvalue weighted by Gasteiger charge is -2.16. The summed E-state index contributed by atoms with van der Waals surface area (Å²) < 4.78 is 120. The summed E-state index contributed by atoms with van der Waals surface area (Å²) >= 11 is 11.9. The predicted octanol–water partition coefficient (Wildman–Crippen LogP) is 7.17. The number of alkyl halides is 9. The molecule has 1 N–H and O–H groups in total. The van der Waals surface area contributed by atoms with Gasteiger partial charge in [0.05, 0.1) is 21.0 Å². The molecule has 0 atom stereocenters. The van der Waals surface area contributed by atoms with Gasteiger partial charge >= 0.3 is 18.5 Å². The molecular formula is C18H10Cl2F9N5. The molecule has 0 bridgehead atoms. The zero-order valence-corrected chi connectivity index (χ0v) is 17.8. The summed E-state index contributed by atoms with van der Waals surface area (Å²) in [4.78, 5) is 5.72. The zero-order chi connectivity index (χ0) is 25.6. The molecule has 5 nitrogen and oxygen atoms in total. The first-order chi connectivity index (χ1) is 15.6. The summed E-state index contributed by atoms with van der Waals surface area (Å²) in [6.45, 7) is 3.35. The van der Waals surface area contributed by atoms with Crippen LogP contribution >= 0.6 is 23.2 Å². The molecule has 0 aliphatic rings. The largest absolute Gasteiger partial charge is 0.451 e. The van der Waals surface area contributed by atoms with E-state index < -0.39 is 68.2 Å². The molecule has 0 fully saturated rings. The number of aromatic nitrogens is 4. The molecule has 2 heterocycles. The van der Waals surface area contributed by atoms with E-state index in [1.165, 1.54) is 6.08 Å². The van der Waals surface area contributed by atoms with E-state index in [-0.39, 0.29) is 13.0 Å². The predicted molar refractivity (Wildman–Crippen MR) is 105 cm³/mol. The van der Waals surface area contributed by atoms with E-state index in [4.69, 9.17) is 23.2 Å². The van der Waals surface area contributed by atoms with E-state index in [1.54, 1.807) is 0 Å². The van der Waals surface area contributed by atoms with Crippen molar-refractivity contribution in [3.05, 3.63) is 51.9 Å². The Morgan fingerprint density at radius 2 is 1.50 bits per heavy atom. The molecule has 0 amide bonds. The molecule has 34 heavy (non-hydrogen) atoms. The van der Waals surface area contributed by atoms with Gasteiger partial charge in [-0.1, -0.05) is 29.3 Å². The lowest BCUT2D eigenvalue weighted by Crippen LogP contribution is -2.18. The molecule has 3 aromatic rings. The van der Waals surface area contributed by atoms with Crippen LogP contribution in [0.1, 0.15) is 23.5 Å². The highest BCUT2D eigenvalue weighted by molar-refractivity contribution is 6.38. The molecule has 0 saturated carbocycles.